The largest absolute Gasteiger partial charge is 0.300 e. The van der Waals surface area contributed by atoms with Crippen LogP contribution in [0.4, 0.5) is 0 Å². The third-order valence-electron chi connectivity index (χ3n) is 2.55. The lowest BCUT2D eigenvalue weighted by Gasteiger charge is -2.27. The van der Waals surface area contributed by atoms with Gasteiger partial charge in [-0.05, 0) is 39.4 Å². The van der Waals surface area contributed by atoms with Crippen LogP contribution in [0, 0.1) is 11.3 Å². The molecule has 1 heterocycles. The van der Waals surface area contributed by atoms with Gasteiger partial charge < -0.3 is 4.90 Å². The fourth-order valence-corrected chi connectivity index (χ4v) is 1.91. The predicted molar refractivity (Wildman–Crippen MR) is 53.4 cm³/mol. The number of hydrogen-bond acceptors (Lipinski definition) is 3. The van der Waals surface area contributed by atoms with Gasteiger partial charge in [-0.15, -0.1) is 0 Å². The molecule has 1 fully saturated rings. The first kappa shape index (κ1) is 10.5. The number of likely N-dealkylation sites (tertiary alicyclic amines) is 1. The first-order valence-electron chi connectivity index (χ1n) is 5.09. The fourth-order valence-electron chi connectivity index (χ4n) is 1.91. The van der Waals surface area contributed by atoms with Gasteiger partial charge in [0.05, 0.1) is 6.07 Å². The van der Waals surface area contributed by atoms with Crippen LogP contribution in [0.3, 0.4) is 0 Å². The minimum absolute atomic E-state index is 0.362. The van der Waals surface area contributed by atoms with E-state index in [0.29, 0.717) is 0 Å². The molecule has 1 aliphatic rings. The summed E-state index contributed by atoms with van der Waals surface area (Å²) in [5.74, 6) is 0. The molecule has 1 aliphatic heterocycles. The Labute approximate surface area is 80.7 Å². The molecule has 1 atom stereocenters. The maximum absolute atomic E-state index is 9.04. The highest BCUT2D eigenvalue weighted by atomic mass is 15.2. The van der Waals surface area contributed by atoms with E-state index >= 15 is 0 Å². The molecule has 0 aromatic heterocycles. The number of hydrogen-bond donors (Lipinski definition) is 1. The zero-order valence-electron chi connectivity index (χ0n) is 8.64. The van der Waals surface area contributed by atoms with Crippen LogP contribution >= 0.6 is 0 Å². The summed E-state index contributed by atoms with van der Waals surface area (Å²) < 4.78 is 0. The van der Waals surface area contributed by atoms with Crippen LogP contribution in [0.1, 0.15) is 26.7 Å². The van der Waals surface area contributed by atoms with Crippen molar-refractivity contribution in [1.29, 1.82) is 5.26 Å². The highest BCUT2D eigenvalue weighted by Crippen LogP contribution is 2.12. The second-order valence-electron chi connectivity index (χ2n) is 3.96. The molecular weight excluding hydrogens is 162 g/mol. The molecule has 1 unspecified atom stereocenters. The van der Waals surface area contributed by atoms with Crippen LogP contribution in [-0.2, 0) is 0 Å². The SMILES string of the molecule is CCNC(C)(C#N)CN1CCCC1. The van der Waals surface area contributed by atoms with E-state index in [0.717, 1.165) is 26.2 Å². The lowest BCUT2D eigenvalue weighted by atomic mass is 10.0. The van der Waals surface area contributed by atoms with Crippen LogP contribution in [-0.4, -0.2) is 36.6 Å². The Hall–Kier alpha value is -0.590. The summed E-state index contributed by atoms with van der Waals surface area (Å²) in [6.07, 6.45) is 2.57. The van der Waals surface area contributed by atoms with Gasteiger partial charge in [-0.25, -0.2) is 0 Å². The van der Waals surface area contributed by atoms with Crippen molar-refractivity contribution in [3.8, 4) is 6.07 Å². The van der Waals surface area contributed by atoms with Crippen LogP contribution in [0.2, 0.25) is 0 Å². The van der Waals surface area contributed by atoms with Gasteiger partial charge in [0.1, 0.15) is 5.54 Å². The van der Waals surface area contributed by atoms with Crippen molar-refractivity contribution in [3.63, 3.8) is 0 Å². The molecule has 3 heteroatoms. The monoisotopic (exact) mass is 181 g/mol. The first-order valence-corrected chi connectivity index (χ1v) is 5.09. The van der Waals surface area contributed by atoms with Gasteiger partial charge >= 0.3 is 0 Å². The third-order valence-corrected chi connectivity index (χ3v) is 2.55. The minimum Gasteiger partial charge on any atom is -0.300 e. The van der Waals surface area contributed by atoms with Crippen LogP contribution in [0.5, 0.6) is 0 Å². The Morgan fingerprint density at radius 1 is 1.46 bits per heavy atom. The molecule has 0 radical (unpaired) electrons. The summed E-state index contributed by atoms with van der Waals surface area (Å²) >= 11 is 0. The number of nitrogens with one attached hydrogen (secondary N) is 1. The van der Waals surface area contributed by atoms with Gasteiger partial charge in [-0.3, -0.25) is 5.32 Å². The summed E-state index contributed by atoms with van der Waals surface area (Å²) in [7, 11) is 0. The Morgan fingerprint density at radius 2 is 2.08 bits per heavy atom. The molecule has 1 saturated heterocycles. The lowest BCUT2D eigenvalue weighted by molar-refractivity contribution is 0.263. The van der Waals surface area contributed by atoms with Crippen molar-refractivity contribution < 1.29 is 0 Å². The van der Waals surface area contributed by atoms with E-state index in [4.69, 9.17) is 5.26 Å². The highest BCUT2D eigenvalue weighted by molar-refractivity contribution is 5.05. The summed E-state index contributed by atoms with van der Waals surface area (Å²) in [6, 6.07) is 2.35. The Kier molecular flexibility index (Phi) is 3.71. The third kappa shape index (κ3) is 2.98. The summed E-state index contributed by atoms with van der Waals surface area (Å²) in [5.41, 5.74) is -0.362. The number of likely N-dealkylation sites (N-methyl/N-ethyl adjacent to an activating group) is 1. The molecule has 74 valence electrons. The van der Waals surface area contributed by atoms with Crippen LogP contribution < -0.4 is 5.32 Å². The topological polar surface area (TPSA) is 39.1 Å². The van der Waals surface area contributed by atoms with Gasteiger partial charge in [0, 0.05) is 6.54 Å². The van der Waals surface area contributed by atoms with E-state index < -0.39 is 0 Å². The molecule has 0 aliphatic carbocycles. The Balaban J connectivity index is 2.42. The first-order chi connectivity index (χ1) is 6.20. The average molecular weight is 181 g/mol. The maximum atomic E-state index is 9.04. The Morgan fingerprint density at radius 3 is 2.54 bits per heavy atom. The number of nitrogens with zero attached hydrogens (tertiary/aromatic N) is 2. The molecule has 3 nitrogen and oxygen atoms in total. The van der Waals surface area contributed by atoms with Crippen molar-refractivity contribution in [3.05, 3.63) is 0 Å². The van der Waals surface area contributed by atoms with Gasteiger partial charge in [-0.2, -0.15) is 5.26 Å². The van der Waals surface area contributed by atoms with E-state index in [1.807, 2.05) is 13.8 Å². The van der Waals surface area contributed by atoms with E-state index in [1.54, 1.807) is 0 Å². The van der Waals surface area contributed by atoms with Crippen molar-refractivity contribution >= 4 is 0 Å². The molecule has 1 rings (SSSR count). The van der Waals surface area contributed by atoms with Crippen molar-refractivity contribution in [2.24, 2.45) is 0 Å². The predicted octanol–water partition coefficient (Wildman–Crippen LogP) is 0.974. The zero-order valence-corrected chi connectivity index (χ0v) is 8.64. The van der Waals surface area contributed by atoms with Crippen molar-refractivity contribution in [2.45, 2.75) is 32.2 Å². The molecule has 0 saturated carbocycles. The summed E-state index contributed by atoms with van der Waals surface area (Å²) in [5, 5.41) is 12.3. The molecule has 0 aromatic rings. The number of rotatable bonds is 4. The van der Waals surface area contributed by atoms with E-state index in [1.165, 1.54) is 12.8 Å². The maximum Gasteiger partial charge on any atom is 0.116 e. The molecule has 1 N–H and O–H groups in total. The zero-order chi connectivity index (χ0) is 9.73. The Bertz CT molecular complexity index is 191. The van der Waals surface area contributed by atoms with E-state index in [2.05, 4.69) is 16.3 Å². The van der Waals surface area contributed by atoms with E-state index in [-0.39, 0.29) is 5.54 Å². The molecular formula is C10H19N3. The second-order valence-corrected chi connectivity index (χ2v) is 3.96. The van der Waals surface area contributed by atoms with Crippen LogP contribution in [0.15, 0.2) is 0 Å². The fraction of sp³-hybridized carbons (Fsp3) is 0.900. The molecule has 0 spiro atoms. The average Bonchev–Trinajstić information content (AvgIpc) is 2.57. The van der Waals surface area contributed by atoms with Crippen molar-refractivity contribution in [2.75, 3.05) is 26.2 Å². The van der Waals surface area contributed by atoms with Gasteiger partial charge in [-0.1, -0.05) is 6.92 Å². The summed E-state index contributed by atoms with van der Waals surface area (Å²) in [4.78, 5) is 2.37. The summed E-state index contributed by atoms with van der Waals surface area (Å²) in [6.45, 7) is 8.05. The molecule has 0 bridgehead atoms. The lowest BCUT2D eigenvalue weighted by Crippen LogP contribution is -2.49. The van der Waals surface area contributed by atoms with Gasteiger partial charge in [0.15, 0.2) is 0 Å². The van der Waals surface area contributed by atoms with Crippen LogP contribution in [0.25, 0.3) is 0 Å². The second kappa shape index (κ2) is 4.59. The highest BCUT2D eigenvalue weighted by Gasteiger charge is 2.26. The molecule has 0 aromatic carbocycles. The minimum atomic E-state index is -0.362. The number of nitriles is 1. The standard InChI is InChI=1S/C10H19N3/c1-3-12-10(2,8-11)9-13-6-4-5-7-13/h12H,3-7,9H2,1-2H3. The van der Waals surface area contributed by atoms with Gasteiger partial charge in [0.25, 0.3) is 0 Å². The molecule has 13 heavy (non-hydrogen) atoms. The van der Waals surface area contributed by atoms with E-state index in [9.17, 15) is 0 Å². The van der Waals surface area contributed by atoms with Gasteiger partial charge in [0.2, 0.25) is 0 Å². The quantitative estimate of drug-likeness (QED) is 0.702. The molecule has 0 amide bonds. The normalized spacial score (nSPS) is 22.5. The van der Waals surface area contributed by atoms with Crippen molar-refractivity contribution in [1.82, 2.24) is 10.2 Å². The smallest absolute Gasteiger partial charge is 0.116 e.